The summed E-state index contributed by atoms with van der Waals surface area (Å²) in [6.07, 6.45) is 6.85. The lowest BCUT2D eigenvalue weighted by atomic mass is 9.52. The van der Waals surface area contributed by atoms with E-state index in [1.165, 1.54) is 12.8 Å². The zero-order valence-corrected chi connectivity index (χ0v) is 10.9. The fourth-order valence-corrected chi connectivity index (χ4v) is 4.92. The molecule has 4 aliphatic rings. The van der Waals surface area contributed by atoms with Crippen molar-refractivity contribution in [3.05, 3.63) is 24.0 Å². The van der Waals surface area contributed by atoms with Crippen LogP contribution in [0, 0.1) is 17.8 Å². The van der Waals surface area contributed by atoms with Gasteiger partial charge in [0.15, 0.2) is 0 Å². The summed E-state index contributed by atoms with van der Waals surface area (Å²) in [5, 5.41) is 13.7. The number of carbonyl (C=O) groups is 1. The molecule has 0 radical (unpaired) electrons. The van der Waals surface area contributed by atoms with E-state index in [1.807, 2.05) is 6.07 Å². The number of aromatic amines is 1. The van der Waals surface area contributed by atoms with Crippen molar-refractivity contribution >= 4 is 5.91 Å². The third-order valence-corrected chi connectivity index (χ3v) is 5.38. The Morgan fingerprint density at radius 2 is 2.05 bits per heavy atom. The summed E-state index contributed by atoms with van der Waals surface area (Å²) in [5.41, 5.74) is 0.206. The number of aromatic nitrogens is 1. The van der Waals surface area contributed by atoms with E-state index in [2.05, 4.69) is 10.3 Å². The molecule has 4 fully saturated rings. The highest BCUT2D eigenvalue weighted by atomic mass is 16.3. The van der Waals surface area contributed by atoms with Crippen LogP contribution in [-0.2, 0) is 0 Å². The van der Waals surface area contributed by atoms with Gasteiger partial charge in [-0.05, 0) is 62.0 Å². The van der Waals surface area contributed by atoms with Crippen molar-refractivity contribution in [3.63, 3.8) is 0 Å². The molecule has 0 spiro atoms. The van der Waals surface area contributed by atoms with Crippen LogP contribution in [0.3, 0.4) is 0 Å². The van der Waals surface area contributed by atoms with E-state index in [9.17, 15) is 9.90 Å². The number of hydrogen-bond acceptors (Lipinski definition) is 2. The predicted octanol–water partition coefficient (Wildman–Crippen LogP) is 1.68. The van der Waals surface area contributed by atoms with Crippen molar-refractivity contribution in [2.75, 3.05) is 0 Å². The summed E-state index contributed by atoms with van der Waals surface area (Å²) in [6, 6.07) is 3.90. The zero-order valence-electron chi connectivity index (χ0n) is 10.9. The van der Waals surface area contributed by atoms with Crippen molar-refractivity contribution < 1.29 is 9.90 Å². The lowest BCUT2D eigenvalue weighted by Crippen LogP contribution is -2.61. The van der Waals surface area contributed by atoms with Gasteiger partial charge in [-0.2, -0.15) is 0 Å². The first kappa shape index (κ1) is 11.5. The second kappa shape index (κ2) is 3.85. The Kier molecular flexibility index (Phi) is 2.34. The van der Waals surface area contributed by atoms with Gasteiger partial charge in [0.25, 0.3) is 5.91 Å². The quantitative estimate of drug-likeness (QED) is 0.757. The number of hydrogen-bond donors (Lipinski definition) is 3. The molecular weight excluding hydrogens is 240 g/mol. The maximum atomic E-state index is 12.2. The molecule has 4 bridgehead atoms. The minimum atomic E-state index is -0.426. The van der Waals surface area contributed by atoms with Crippen LogP contribution in [0.2, 0.25) is 0 Å². The Hall–Kier alpha value is -1.29. The van der Waals surface area contributed by atoms with Gasteiger partial charge in [-0.3, -0.25) is 4.79 Å². The van der Waals surface area contributed by atoms with Crippen LogP contribution in [0.25, 0.3) is 0 Å². The van der Waals surface area contributed by atoms with Crippen LogP contribution in [0.5, 0.6) is 0 Å². The molecular formula is C15H20N2O2. The Bertz CT molecular complexity index is 480. The highest BCUT2D eigenvalue weighted by Crippen LogP contribution is 2.55. The highest BCUT2D eigenvalue weighted by Gasteiger charge is 2.55. The molecule has 1 amide bonds. The molecule has 0 aromatic carbocycles. The summed E-state index contributed by atoms with van der Waals surface area (Å²) >= 11 is 0. The fraction of sp³-hybridized carbons (Fsp3) is 0.667. The molecule has 3 N–H and O–H groups in total. The molecule has 5 rings (SSSR count). The molecule has 2 unspecified atom stereocenters. The van der Waals surface area contributed by atoms with E-state index < -0.39 is 5.60 Å². The molecule has 1 aromatic rings. The number of aliphatic hydroxyl groups is 1. The summed E-state index contributed by atoms with van der Waals surface area (Å²) in [7, 11) is 0. The van der Waals surface area contributed by atoms with Crippen molar-refractivity contribution in [2.24, 2.45) is 17.8 Å². The highest BCUT2D eigenvalue weighted by molar-refractivity contribution is 5.92. The van der Waals surface area contributed by atoms with Crippen LogP contribution in [0.4, 0.5) is 0 Å². The molecule has 4 heteroatoms. The molecule has 2 atom stereocenters. The Balaban J connectivity index is 1.52. The SMILES string of the molecule is O=C(NC1C2CC3CC1CC(O)(C3)C2)c1ccc[nH]1. The molecule has 0 saturated heterocycles. The molecule has 0 aliphatic heterocycles. The number of amides is 1. The van der Waals surface area contributed by atoms with Gasteiger partial charge >= 0.3 is 0 Å². The maximum absolute atomic E-state index is 12.2. The molecule has 102 valence electrons. The Labute approximate surface area is 112 Å². The molecule has 4 aliphatic carbocycles. The lowest BCUT2D eigenvalue weighted by molar-refractivity contribution is -0.136. The van der Waals surface area contributed by atoms with Crippen molar-refractivity contribution in [1.29, 1.82) is 0 Å². The van der Waals surface area contributed by atoms with Crippen molar-refractivity contribution in [3.8, 4) is 0 Å². The second-order valence-electron chi connectivity index (χ2n) is 6.78. The van der Waals surface area contributed by atoms with Gasteiger partial charge in [0, 0.05) is 12.2 Å². The first-order valence-electron chi connectivity index (χ1n) is 7.30. The van der Waals surface area contributed by atoms with Crippen LogP contribution in [-0.4, -0.2) is 27.6 Å². The van der Waals surface area contributed by atoms with Gasteiger partial charge in [0.1, 0.15) is 5.69 Å². The Morgan fingerprint density at radius 1 is 1.32 bits per heavy atom. The average Bonchev–Trinajstić information content (AvgIpc) is 2.85. The van der Waals surface area contributed by atoms with E-state index >= 15 is 0 Å². The average molecular weight is 260 g/mol. The van der Waals surface area contributed by atoms with Gasteiger partial charge in [-0.15, -0.1) is 0 Å². The summed E-state index contributed by atoms with van der Waals surface area (Å²) < 4.78 is 0. The van der Waals surface area contributed by atoms with Crippen molar-refractivity contribution in [1.82, 2.24) is 10.3 Å². The van der Waals surface area contributed by atoms with Gasteiger partial charge in [0.05, 0.1) is 5.60 Å². The summed E-state index contributed by atoms with van der Waals surface area (Å²) in [4.78, 5) is 15.1. The second-order valence-corrected chi connectivity index (χ2v) is 6.78. The van der Waals surface area contributed by atoms with Crippen LogP contribution >= 0.6 is 0 Å². The van der Waals surface area contributed by atoms with E-state index in [-0.39, 0.29) is 11.9 Å². The lowest BCUT2D eigenvalue weighted by Gasteiger charge is -2.58. The maximum Gasteiger partial charge on any atom is 0.267 e. The standard InChI is InChI=1S/C15H20N2O2/c18-14(12-2-1-3-16-12)17-13-10-4-9-5-11(13)8-15(19,6-9)7-10/h1-3,9-11,13,16,19H,4-8H2,(H,17,18). The van der Waals surface area contributed by atoms with Crippen molar-refractivity contribution in [2.45, 2.75) is 43.7 Å². The normalized spacial score (nSPS) is 43.4. The number of H-pyrrole nitrogens is 1. The third kappa shape index (κ3) is 1.81. The van der Waals surface area contributed by atoms with Gasteiger partial charge in [0.2, 0.25) is 0 Å². The Morgan fingerprint density at radius 3 is 2.63 bits per heavy atom. The predicted molar refractivity (Wildman–Crippen MR) is 70.6 cm³/mol. The molecule has 1 heterocycles. The van der Waals surface area contributed by atoms with Gasteiger partial charge in [-0.1, -0.05) is 0 Å². The third-order valence-electron chi connectivity index (χ3n) is 5.38. The first-order chi connectivity index (χ1) is 9.13. The van der Waals surface area contributed by atoms with E-state index in [1.54, 1.807) is 12.3 Å². The minimum absolute atomic E-state index is 0.00513. The molecule has 19 heavy (non-hydrogen) atoms. The summed E-state index contributed by atoms with van der Waals surface area (Å²) in [5.74, 6) is 1.61. The zero-order chi connectivity index (χ0) is 13.0. The fourth-order valence-electron chi connectivity index (χ4n) is 4.92. The van der Waals surface area contributed by atoms with Gasteiger partial charge < -0.3 is 15.4 Å². The van der Waals surface area contributed by atoms with E-state index in [0.29, 0.717) is 23.4 Å². The van der Waals surface area contributed by atoms with Crippen LogP contribution < -0.4 is 5.32 Å². The summed E-state index contributed by atoms with van der Waals surface area (Å²) in [6.45, 7) is 0. The molecule has 4 saturated carbocycles. The number of nitrogens with one attached hydrogen (secondary N) is 2. The number of rotatable bonds is 2. The van der Waals surface area contributed by atoms with Crippen LogP contribution in [0.1, 0.15) is 42.6 Å². The first-order valence-corrected chi connectivity index (χ1v) is 7.30. The largest absolute Gasteiger partial charge is 0.390 e. The van der Waals surface area contributed by atoms with Crippen LogP contribution in [0.15, 0.2) is 18.3 Å². The number of carbonyl (C=O) groups excluding carboxylic acids is 1. The van der Waals surface area contributed by atoms with Gasteiger partial charge in [-0.25, -0.2) is 0 Å². The minimum Gasteiger partial charge on any atom is -0.390 e. The monoisotopic (exact) mass is 260 g/mol. The molecule has 1 aromatic heterocycles. The topological polar surface area (TPSA) is 65.1 Å². The van der Waals surface area contributed by atoms with E-state index in [0.717, 1.165) is 19.3 Å². The van der Waals surface area contributed by atoms with E-state index in [4.69, 9.17) is 0 Å². The molecule has 4 nitrogen and oxygen atoms in total. The smallest absolute Gasteiger partial charge is 0.267 e.